The molecule has 1 heterocycles. The van der Waals surface area contributed by atoms with E-state index < -0.39 is 58.1 Å². The molecule has 0 bridgehead atoms. The van der Waals surface area contributed by atoms with Crippen molar-refractivity contribution in [2.45, 2.75) is 18.0 Å². The summed E-state index contributed by atoms with van der Waals surface area (Å²) in [4.78, 5) is 20.6. The Labute approximate surface area is 204 Å². The van der Waals surface area contributed by atoms with Gasteiger partial charge in [0.2, 0.25) is 0 Å². The average molecular weight is 536 g/mol. The molecule has 8 nitrogen and oxygen atoms in total. The summed E-state index contributed by atoms with van der Waals surface area (Å²) >= 11 is 0. The Morgan fingerprint density at radius 3 is 2.30 bits per heavy atom. The lowest BCUT2D eigenvalue weighted by atomic mass is 10.0. The number of rotatable bonds is 6. The molecule has 3 rings (SSSR count). The second-order valence-electron chi connectivity index (χ2n) is 7.99. The van der Waals surface area contributed by atoms with Crippen LogP contribution in [0.3, 0.4) is 0 Å². The molecule has 0 unspecified atom stereocenters. The van der Waals surface area contributed by atoms with E-state index in [0.29, 0.717) is 4.90 Å². The summed E-state index contributed by atoms with van der Waals surface area (Å²) in [5.74, 6) is -2.87. The van der Waals surface area contributed by atoms with Crippen LogP contribution in [0.5, 0.6) is 5.75 Å². The molecule has 1 fully saturated rings. The highest BCUT2D eigenvalue weighted by molar-refractivity contribution is 6.04. The Bertz CT molecular complexity index is 1210. The molecule has 1 amide bonds. The van der Waals surface area contributed by atoms with Crippen LogP contribution < -0.4 is 15.4 Å². The highest BCUT2D eigenvalue weighted by atomic mass is 19.4. The fraction of sp³-hybridized carbons (Fsp3) is 0.318. The molecule has 1 aliphatic heterocycles. The van der Waals surface area contributed by atoms with Crippen LogP contribution >= 0.6 is 0 Å². The van der Waals surface area contributed by atoms with Crippen LogP contribution in [0.4, 0.5) is 41.2 Å². The number of nitrogens with two attached hydrogens (primary N) is 1. The number of aliphatic imine (C=N–C) groups is 2. The minimum atomic E-state index is -5.40. The van der Waals surface area contributed by atoms with Gasteiger partial charge in [-0.05, 0) is 36.4 Å². The third kappa shape index (κ3) is 6.74. The summed E-state index contributed by atoms with van der Waals surface area (Å²) in [6.45, 7) is -0.258. The Balaban J connectivity index is 2.05. The molecule has 2 aromatic carbocycles. The zero-order valence-corrected chi connectivity index (χ0v) is 18.9. The van der Waals surface area contributed by atoms with Gasteiger partial charge in [-0.15, -0.1) is 0 Å². The highest BCUT2D eigenvalue weighted by Gasteiger charge is 2.42. The normalized spacial score (nSPS) is 16.0. The van der Waals surface area contributed by atoms with E-state index >= 15 is 0 Å². The van der Waals surface area contributed by atoms with E-state index in [9.17, 15) is 40.6 Å². The first-order chi connectivity index (χ1) is 17.1. The predicted octanol–water partition coefficient (Wildman–Crippen LogP) is 3.99. The Morgan fingerprint density at radius 2 is 1.78 bits per heavy atom. The fourth-order valence-corrected chi connectivity index (χ4v) is 3.04. The molecule has 0 spiro atoms. The van der Waals surface area contributed by atoms with Gasteiger partial charge in [0.05, 0.1) is 36.4 Å². The number of nitrogens with zero attached hydrogens (tertiary/aromatic N) is 3. The van der Waals surface area contributed by atoms with Crippen molar-refractivity contribution in [3.63, 3.8) is 0 Å². The quantitative estimate of drug-likeness (QED) is 0.330. The zero-order chi connectivity index (χ0) is 27.6. The molecule has 0 saturated carbocycles. The van der Waals surface area contributed by atoms with Crippen molar-refractivity contribution < 1.29 is 50.1 Å². The summed E-state index contributed by atoms with van der Waals surface area (Å²) in [5.41, 5.74) is -0.218. The van der Waals surface area contributed by atoms with Crippen LogP contribution in [-0.2, 0) is 17.1 Å². The number of amides is 1. The van der Waals surface area contributed by atoms with Gasteiger partial charge in [-0.1, -0.05) is 0 Å². The van der Waals surface area contributed by atoms with Gasteiger partial charge in [0.15, 0.2) is 5.75 Å². The molecule has 0 radical (unpaired) electrons. The van der Waals surface area contributed by atoms with Gasteiger partial charge >= 0.3 is 18.4 Å². The smallest absolute Gasteiger partial charge is 0.409 e. The molecule has 2 aromatic rings. The third-order valence-corrected chi connectivity index (χ3v) is 5.08. The minimum Gasteiger partial charge on any atom is -0.409 e. The number of benzene rings is 2. The lowest BCUT2D eigenvalue weighted by molar-refractivity contribution is -0.170. The summed E-state index contributed by atoms with van der Waals surface area (Å²) in [6.07, 6.45) is -11.3. The number of carbonyl (C=O) groups is 1. The van der Waals surface area contributed by atoms with Crippen LogP contribution in [0.1, 0.15) is 16.7 Å². The number of ether oxygens (including phenoxy) is 2. The van der Waals surface area contributed by atoms with Gasteiger partial charge in [0.1, 0.15) is 23.6 Å². The number of hydrogen-bond acceptors (Lipinski definition) is 5. The molecular formula is C22H19F7N4O4. The summed E-state index contributed by atoms with van der Waals surface area (Å²) < 4.78 is 104. The van der Waals surface area contributed by atoms with E-state index in [2.05, 4.69) is 9.98 Å². The van der Waals surface area contributed by atoms with E-state index in [1.165, 1.54) is 0 Å². The number of amidine groups is 1. The van der Waals surface area contributed by atoms with Crippen molar-refractivity contribution in [3.05, 3.63) is 58.9 Å². The average Bonchev–Trinajstić information content (AvgIpc) is 2.79. The second-order valence-corrected chi connectivity index (χ2v) is 7.99. The van der Waals surface area contributed by atoms with Crippen LogP contribution in [0.25, 0.3) is 0 Å². The number of alkyl halides is 6. The molecule has 3 N–H and O–H groups in total. The predicted molar refractivity (Wildman–Crippen MR) is 117 cm³/mol. The van der Waals surface area contributed by atoms with E-state index in [1.54, 1.807) is 0 Å². The highest BCUT2D eigenvalue weighted by Crippen LogP contribution is 2.43. The van der Waals surface area contributed by atoms with E-state index in [1.807, 2.05) is 0 Å². The monoisotopic (exact) mass is 536 g/mol. The van der Waals surface area contributed by atoms with Gasteiger partial charge < -0.3 is 20.3 Å². The van der Waals surface area contributed by atoms with Crippen molar-refractivity contribution in [3.8, 4) is 5.75 Å². The molecule has 0 aliphatic carbocycles. The van der Waals surface area contributed by atoms with E-state index in [-0.39, 0.29) is 37.6 Å². The summed E-state index contributed by atoms with van der Waals surface area (Å²) in [6, 6.07) is 4.22. The van der Waals surface area contributed by atoms with Crippen molar-refractivity contribution in [1.82, 2.24) is 0 Å². The van der Waals surface area contributed by atoms with Gasteiger partial charge in [0, 0.05) is 12.7 Å². The number of anilines is 1. The van der Waals surface area contributed by atoms with Gasteiger partial charge in [0.25, 0.3) is 0 Å². The fourth-order valence-electron chi connectivity index (χ4n) is 3.04. The van der Waals surface area contributed by atoms with E-state index in [4.69, 9.17) is 15.2 Å². The Hall–Kier alpha value is -3.72. The number of halogens is 7. The van der Waals surface area contributed by atoms with E-state index in [0.717, 1.165) is 37.7 Å². The lowest BCUT2D eigenvalue weighted by Gasteiger charge is -2.34. The Kier molecular flexibility index (Phi) is 7.78. The molecule has 15 heteroatoms. The van der Waals surface area contributed by atoms with Crippen molar-refractivity contribution in [1.29, 1.82) is 0 Å². The van der Waals surface area contributed by atoms with Crippen LogP contribution in [0.2, 0.25) is 0 Å². The molecule has 37 heavy (non-hydrogen) atoms. The van der Waals surface area contributed by atoms with Crippen LogP contribution in [-0.4, -0.2) is 55.8 Å². The van der Waals surface area contributed by atoms with Gasteiger partial charge in [-0.3, -0.25) is 9.89 Å². The maximum atomic E-state index is 13.8. The molecule has 0 atom stereocenters. The molecule has 1 saturated heterocycles. The van der Waals surface area contributed by atoms with Crippen LogP contribution in [0.15, 0.2) is 46.4 Å². The first-order valence-electron chi connectivity index (χ1n) is 10.3. The summed E-state index contributed by atoms with van der Waals surface area (Å²) in [7, 11) is 1.09. The lowest BCUT2D eigenvalue weighted by Crippen LogP contribution is -2.52. The minimum absolute atomic E-state index is 0.0140. The molecule has 200 valence electrons. The maximum absolute atomic E-state index is 13.8. The van der Waals surface area contributed by atoms with Gasteiger partial charge in [-0.2, -0.15) is 26.3 Å². The van der Waals surface area contributed by atoms with Crippen molar-refractivity contribution >= 4 is 24.0 Å². The molecular weight excluding hydrogens is 517 g/mol. The topological polar surface area (TPSA) is 110 Å². The number of carbonyl (C=O) groups excluding carboxylic acids is 1. The zero-order valence-electron chi connectivity index (χ0n) is 18.9. The summed E-state index contributed by atoms with van der Waals surface area (Å²) in [5, 5.41) is 9.90. The maximum Gasteiger partial charge on any atom is 0.420 e. The first kappa shape index (κ1) is 27.9. The number of hydrogen-bond donors (Lipinski definition) is 2. The molecule has 0 aromatic heterocycles. The number of aliphatic hydroxyl groups is 1. The largest absolute Gasteiger partial charge is 0.420 e. The molecule has 1 aliphatic rings. The van der Waals surface area contributed by atoms with Crippen LogP contribution in [0, 0.1) is 5.82 Å². The first-order valence-corrected chi connectivity index (χ1v) is 10.3. The van der Waals surface area contributed by atoms with Gasteiger partial charge in [-0.25, -0.2) is 14.2 Å². The second kappa shape index (κ2) is 10.3. The Morgan fingerprint density at radius 1 is 1.16 bits per heavy atom. The van der Waals surface area contributed by atoms with Crippen molar-refractivity contribution in [2.24, 2.45) is 15.7 Å². The third-order valence-electron chi connectivity index (χ3n) is 5.08. The standard InChI is InChI=1S/C22H19F7N4O4/c1-33(14-4-2-13(23)3-5-14)19(34)37-17-15(18(30)32-11-31-8-20(35)9-36-10-20)6-12(21(24,25)26)7-16(17)22(27,28)29/h2-7,11,35H,8-10H2,1H3,(H2,30,31,32). The van der Waals surface area contributed by atoms with Crippen molar-refractivity contribution in [2.75, 3.05) is 31.7 Å². The SMILES string of the molecule is CN(C(=O)Oc1c(C(N)=NC=NCC2(O)COC2)cc(C(F)(F)F)cc1C(F)(F)F)c1ccc(F)cc1.